The minimum Gasteiger partial charge on any atom is -0.481 e. The van der Waals surface area contributed by atoms with Gasteiger partial charge in [0.2, 0.25) is 0 Å². The first-order chi connectivity index (χ1) is 6.69. The Bertz CT molecular complexity index is 308. The van der Waals surface area contributed by atoms with E-state index in [2.05, 4.69) is 0 Å². The topological polar surface area (TPSA) is 69.6 Å². The van der Waals surface area contributed by atoms with E-state index in [4.69, 9.17) is 10.3 Å². The smallest absolute Gasteiger partial charge is 0.310 e. The molecule has 0 radical (unpaired) electrons. The molecule has 0 spiro atoms. The number of carboxylic acids is 1. The molecule has 0 aromatic heterocycles. The highest BCUT2D eigenvalue weighted by Crippen LogP contribution is 2.21. The number of anilines is 1. The van der Waals surface area contributed by atoms with E-state index in [1.807, 2.05) is 12.4 Å². The summed E-state index contributed by atoms with van der Waals surface area (Å²) in [5, 5.41) is 17.5. The lowest BCUT2D eigenvalue weighted by Gasteiger charge is -2.10. The van der Waals surface area contributed by atoms with E-state index in [0.717, 1.165) is 5.56 Å². The molecule has 0 saturated carbocycles. The summed E-state index contributed by atoms with van der Waals surface area (Å²) in [6.45, 7) is 1.83. The number of carboxylic acid groups (broad SMARTS) is 1. The molecule has 4 nitrogen and oxygen atoms in total. The van der Waals surface area contributed by atoms with Crippen LogP contribution in [0.2, 0.25) is 0 Å². The summed E-state index contributed by atoms with van der Waals surface area (Å²) in [4.78, 5) is 10.8. The fraction of sp³-hybridized carbons (Fsp3) is 0.300. The summed E-state index contributed by atoms with van der Waals surface area (Å²) in [5.41, 5.74) is 3.29. The van der Waals surface area contributed by atoms with Crippen molar-refractivity contribution in [3.05, 3.63) is 29.8 Å². The first kappa shape index (κ1) is 10.5. The molecule has 3 N–H and O–H groups in total. The molecule has 1 aromatic carbocycles. The predicted octanol–water partition coefficient (Wildman–Crippen LogP) is 2.07. The Balaban J connectivity index is 2.89. The molecule has 1 rings (SSSR count). The second-order valence-corrected chi connectivity index (χ2v) is 3.03. The minimum absolute atomic E-state index is 0.470. The molecule has 1 atom stereocenters. The van der Waals surface area contributed by atoms with Crippen molar-refractivity contribution in [2.45, 2.75) is 19.3 Å². The van der Waals surface area contributed by atoms with Crippen LogP contribution in [0.15, 0.2) is 24.3 Å². The molecule has 76 valence electrons. The number of aliphatic carboxylic acids is 1. The zero-order chi connectivity index (χ0) is 10.6. The molecule has 0 heterocycles. The van der Waals surface area contributed by atoms with Gasteiger partial charge in [-0.15, -0.1) is 0 Å². The maximum Gasteiger partial charge on any atom is 0.310 e. The van der Waals surface area contributed by atoms with Gasteiger partial charge in [0.15, 0.2) is 0 Å². The predicted molar refractivity (Wildman–Crippen MR) is 52.5 cm³/mol. The first-order valence-electron chi connectivity index (χ1n) is 4.42. The Kier molecular flexibility index (Phi) is 3.48. The van der Waals surface area contributed by atoms with Gasteiger partial charge in [-0.05, 0) is 24.1 Å². The highest BCUT2D eigenvalue weighted by atomic mass is 16.5. The van der Waals surface area contributed by atoms with Gasteiger partial charge in [-0.25, -0.2) is 0 Å². The van der Waals surface area contributed by atoms with Crippen LogP contribution in [0.3, 0.4) is 0 Å². The Morgan fingerprint density at radius 3 is 2.36 bits per heavy atom. The van der Waals surface area contributed by atoms with Crippen LogP contribution in [0.25, 0.3) is 0 Å². The van der Waals surface area contributed by atoms with Crippen LogP contribution in [0.4, 0.5) is 5.69 Å². The summed E-state index contributed by atoms with van der Waals surface area (Å²) >= 11 is 0. The van der Waals surface area contributed by atoms with Crippen molar-refractivity contribution in [1.29, 1.82) is 0 Å². The minimum atomic E-state index is -0.822. The number of carbonyl (C=O) groups is 1. The van der Waals surface area contributed by atoms with E-state index >= 15 is 0 Å². The highest BCUT2D eigenvalue weighted by Gasteiger charge is 2.16. The van der Waals surface area contributed by atoms with Crippen molar-refractivity contribution in [1.82, 2.24) is 0 Å². The van der Waals surface area contributed by atoms with Gasteiger partial charge >= 0.3 is 5.97 Å². The molecule has 4 heteroatoms. The van der Waals surface area contributed by atoms with Crippen LogP contribution in [-0.2, 0) is 4.79 Å². The number of hydrogen-bond donors (Lipinski definition) is 3. The van der Waals surface area contributed by atoms with Gasteiger partial charge in [0.25, 0.3) is 0 Å². The summed E-state index contributed by atoms with van der Waals surface area (Å²) in [5.74, 6) is -1.29. The highest BCUT2D eigenvalue weighted by molar-refractivity contribution is 5.76. The third kappa shape index (κ3) is 2.23. The molecule has 1 aromatic rings. The Labute approximate surface area is 82.1 Å². The zero-order valence-corrected chi connectivity index (χ0v) is 7.90. The zero-order valence-electron chi connectivity index (χ0n) is 7.90. The maximum atomic E-state index is 10.8. The molecule has 0 bridgehead atoms. The Hall–Kier alpha value is -1.55. The van der Waals surface area contributed by atoms with Crippen LogP contribution in [0.1, 0.15) is 24.8 Å². The molecule has 0 aliphatic heterocycles. The molecule has 0 aliphatic carbocycles. The lowest BCUT2D eigenvalue weighted by molar-refractivity contribution is -0.138. The largest absolute Gasteiger partial charge is 0.481 e. The van der Waals surface area contributed by atoms with Crippen molar-refractivity contribution in [2.24, 2.45) is 0 Å². The van der Waals surface area contributed by atoms with Gasteiger partial charge < -0.3 is 5.11 Å². The molecular weight excluding hydrogens is 182 g/mol. The summed E-state index contributed by atoms with van der Waals surface area (Å²) < 4.78 is 0. The van der Waals surface area contributed by atoms with Gasteiger partial charge in [0.1, 0.15) is 0 Å². The van der Waals surface area contributed by atoms with Gasteiger partial charge in [-0.2, -0.15) is 0 Å². The molecule has 0 saturated heterocycles. The number of hydrogen-bond acceptors (Lipinski definition) is 3. The van der Waals surface area contributed by atoms with Gasteiger partial charge in [-0.3, -0.25) is 15.5 Å². The molecule has 0 aliphatic rings. The van der Waals surface area contributed by atoms with Crippen molar-refractivity contribution >= 4 is 11.7 Å². The number of benzene rings is 1. The van der Waals surface area contributed by atoms with E-state index in [1.165, 1.54) is 0 Å². The average Bonchev–Trinajstić information content (AvgIpc) is 2.19. The molecule has 0 fully saturated rings. The summed E-state index contributed by atoms with van der Waals surface area (Å²) in [6, 6.07) is 6.67. The number of nitrogens with one attached hydrogen (secondary N) is 1. The van der Waals surface area contributed by atoms with Crippen LogP contribution >= 0.6 is 0 Å². The first-order valence-corrected chi connectivity index (χ1v) is 4.42. The van der Waals surface area contributed by atoms with Crippen molar-refractivity contribution < 1.29 is 15.1 Å². The maximum absolute atomic E-state index is 10.8. The third-order valence-electron chi connectivity index (χ3n) is 2.15. The fourth-order valence-corrected chi connectivity index (χ4v) is 1.34. The van der Waals surface area contributed by atoms with Crippen LogP contribution in [-0.4, -0.2) is 16.3 Å². The van der Waals surface area contributed by atoms with E-state index in [9.17, 15) is 4.79 Å². The lowest BCUT2D eigenvalue weighted by Crippen LogP contribution is -2.10. The molecular formula is C10H13NO3. The number of rotatable bonds is 4. The van der Waals surface area contributed by atoms with Gasteiger partial charge in [0.05, 0.1) is 11.6 Å². The SMILES string of the molecule is CCC(C(=O)O)c1ccc(NO)cc1. The van der Waals surface area contributed by atoms with Crippen LogP contribution in [0.5, 0.6) is 0 Å². The molecule has 1 unspecified atom stereocenters. The standard InChI is InChI=1S/C10H13NO3/c1-2-9(10(12)13)7-3-5-8(11-14)6-4-7/h3-6,9,11,14H,2H2,1H3,(H,12,13). The Morgan fingerprint density at radius 1 is 1.43 bits per heavy atom. The van der Waals surface area contributed by atoms with E-state index < -0.39 is 11.9 Å². The van der Waals surface area contributed by atoms with Crippen molar-refractivity contribution in [3.8, 4) is 0 Å². The van der Waals surface area contributed by atoms with Gasteiger partial charge in [-0.1, -0.05) is 19.1 Å². The van der Waals surface area contributed by atoms with E-state index in [0.29, 0.717) is 12.1 Å². The van der Waals surface area contributed by atoms with E-state index in [-0.39, 0.29) is 0 Å². The third-order valence-corrected chi connectivity index (χ3v) is 2.15. The molecule has 0 amide bonds. The fourth-order valence-electron chi connectivity index (χ4n) is 1.34. The summed E-state index contributed by atoms with van der Waals surface area (Å²) in [6.07, 6.45) is 0.557. The lowest BCUT2D eigenvalue weighted by atomic mass is 9.97. The monoisotopic (exact) mass is 195 g/mol. The van der Waals surface area contributed by atoms with Crippen molar-refractivity contribution in [3.63, 3.8) is 0 Å². The van der Waals surface area contributed by atoms with Crippen LogP contribution in [0, 0.1) is 0 Å². The average molecular weight is 195 g/mol. The second kappa shape index (κ2) is 4.62. The van der Waals surface area contributed by atoms with Gasteiger partial charge in [0, 0.05) is 0 Å². The van der Waals surface area contributed by atoms with Crippen molar-refractivity contribution in [2.75, 3.05) is 5.48 Å². The normalized spacial score (nSPS) is 12.1. The quantitative estimate of drug-likeness (QED) is 0.643. The molecule has 14 heavy (non-hydrogen) atoms. The Morgan fingerprint density at radius 2 is 2.00 bits per heavy atom. The second-order valence-electron chi connectivity index (χ2n) is 3.03. The summed E-state index contributed by atoms with van der Waals surface area (Å²) in [7, 11) is 0. The van der Waals surface area contributed by atoms with E-state index in [1.54, 1.807) is 24.3 Å². The van der Waals surface area contributed by atoms with Crippen LogP contribution < -0.4 is 5.48 Å².